The van der Waals surface area contributed by atoms with Gasteiger partial charge in [-0.3, -0.25) is 14.4 Å². The maximum Gasteiger partial charge on any atom is 0.408 e. The number of methoxy groups -OCH3 is 1. The number of rotatable bonds is 10. The molecule has 0 aliphatic rings. The fraction of sp³-hybridized carbons (Fsp3) is 0.250. The lowest BCUT2D eigenvalue weighted by Crippen LogP contribution is -2.50. The zero-order chi connectivity index (χ0) is 24.3. The molecule has 1 atom stereocenters. The van der Waals surface area contributed by atoms with Gasteiger partial charge in [-0.1, -0.05) is 48.5 Å². The van der Waals surface area contributed by atoms with Crippen LogP contribution in [0.2, 0.25) is 0 Å². The summed E-state index contributed by atoms with van der Waals surface area (Å²) in [5.41, 5.74) is 2.51. The van der Waals surface area contributed by atoms with E-state index in [0.717, 1.165) is 22.0 Å². The Bertz CT molecular complexity index is 1140. The Labute approximate surface area is 196 Å². The monoisotopic (exact) mass is 466 g/mol. The van der Waals surface area contributed by atoms with Gasteiger partial charge >= 0.3 is 12.1 Å². The highest BCUT2D eigenvalue weighted by Crippen LogP contribution is 2.19. The lowest BCUT2D eigenvalue weighted by molar-refractivity contribution is -0.141. The SMILES string of the molecule is COC(=O)CNC(=O)CNC(=O)C(Cc1c[nH]c2ccccc12)NC(=O)OCc1ccccc1. The minimum Gasteiger partial charge on any atom is -0.468 e. The van der Waals surface area contributed by atoms with Crippen molar-refractivity contribution < 1.29 is 28.7 Å². The van der Waals surface area contributed by atoms with Gasteiger partial charge in [0.15, 0.2) is 0 Å². The van der Waals surface area contributed by atoms with E-state index in [4.69, 9.17) is 4.74 Å². The molecule has 0 saturated heterocycles. The Kier molecular flexibility index (Phi) is 8.61. The van der Waals surface area contributed by atoms with Crippen LogP contribution in [0.5, 0.6) is 0 Å². The number of H-pyrrole nitrogens is 1. The average Bonchev–Trinajstić information content (AvgIpc) is 3.27. The molecule has 2 aromatic carbocycles. The second-order valence-corrected chi connectivity index (χ2v) is 7.39. The summed E-state index contributed by atoms with van der Waals surface area (Å²) in [5.74, 6) is -1.76. The largest absolute Gasteiger partial charge is 0.468 e. The highest BCUT2D eigenvalue weighted by atomic mass is 16.5. The second-order valence-electron chi connectivity index (χ2n) is 7.39. The van der Waals surface area contributed by atoms with Gasteiger partial charge in [0.2, 0.25) is 11.8 Å². The Morgan fingerprint density at radius 3 is 2.44 bits per heavy atom. The van der Waals surface area contributed by atoms with E-state index in [0.29, 0.717) is 0 Å². The van der Waals surface area contributed by atoms with Gasteiger partial charge in [0.05, 0.1) is 13.7 Å². The number of ether oxygens (including phenoxy) is 2. The van der Waals surface area contributed by atoms with Gasteiger partial charge in [-0.25, -0.2) is 4.79 Å². The van der Waals surface area contributed by atoms with Crippen LogP contribution in [0.4, 0.5) is 4.79 Å². The smallest absolute Gasteiger partial charge is 0.408 e. The van der Waals surface area contributed by atoms with Crippen molar-refractivity contribution in [1.82, 2.24) is 20.9 Å². The van der Waals surface area contributed by atoms with Crippen molar-refractivity contribution in [2.45, 2.75) is 19.1 Å². The number of alkyl carbamates (subject to hydrolysis) is 1. The van der Waals surface area contributed by atoms with Crippen LogP contribution in [0.25, 0.3) is 10.9 Å². The molecule has 0 aliphatic carbocycles. The van der Waals surface area contributed by atoms with Crippen molar-refractivity contribution in [3.8, 4) is 0 Å². The van der Waals surface area contributed by atoms with Crippen LogP contribution in [0.1, 0.15) is 11.1 Å². The molecule has 4 N–H and O–H groups in total. The summed E-state index contributed by atoms with van der Waals surface area (Å²) in [6.07, 6.45) is 1.17. The zero-order valence-electron chi connectivity index (χ0n) is 18.6. The quantitative estimate of drug-likeness (QED) is 0.333. The molecule has 178 valence electrons. The van der Waals surface area contributed by atoms with E-state index < -0.39 is 29.9 Å². The second kappa shape index (κ2) is 12.0. The first-order valence-electron chi connectivity index (χ1n) is 10.6. The van der Waals surface area contributed by atoms with Crippen LogP contribution in [0.3, 0.4) is 0 Å². The number of benzene rings is 2. The minimum atomic E-state index is -1.00. The standard InChI is InChI=1S/C24H26N4O6/c1-33-22(30)14-26-21(29)13-27-23(31)20(11-17-12-25-19-10-6-5-9-18(17)19)28-24(32)34-15-16-7-3-2-4-8-16/h2-10,12,20,25H,11,13-15H2,1H3,(H,26,29)(H,27,31)(H,28,32). The van der Waals surface area contributed by atoms with E-state index in [-0.39, 0.29) is 26.1 Å². The first kappa shape index (κ1) is 24.3. The molecule has 34 heavy (non-hydrogen) atoms. The van der Waals surface area contributed by atoms with Gasteiger partial charge < -0.3 is 30.4 Å². The predicted molar refractivity (Wildman–Crippen MR) is 124 cm³/mol. The lowest BCUT2D eigenvalue weighted by atomic mass is 10.0. The molecule has 10 nitrogen and oxygen atoms in total. The molecule has 0 fully saturated rings. The van der Waals surface area contributed by atoms with Gasteiger partial charge in [-0.2, -0.15) is 0 Å². The average molecular weight is 466 g/mol. The topological polar surface area (TPSA) is 139 Å². The Balaban J connectivity index is 1.64. The van der Waals surface area contributed by atoms with Gasteiger partial charge in [0.1, 0.15) is 19.2 Å². The van der Waals surface area contributed by atoms with Crippen LogP contribution in [-0.4, -0.2) is 55.1 Å². The number of carbonyl (C=O) groups is 4. The molecule has 1 aromatic heterocycles. The fourth-order valence-electron chi connectivity index (χ4n) is 3.23. The zero-order valence-corrected chi connectivity index (χ0v) is 18.6. The van der Waals surface area contributed by atoms with Crippen LogP contribution in [-0.2, 0) is 36.9 Å². The first-order valence-corrected chi connectivity index (χ1v) is 10.6. The molecule has 10 heteroatoms. The van der Waals surface area contributed by atoms with Gasteiger partial charge in [0, 0.05) is 23.5 Å². The normalized spacial score (nSPS) is 11.3. The summed E-state index contributed by atoms with van der Waals surface area (Å²) in [4.78, 5) is 51.5. The summed E-state index contributed by atoms with van der Waals surface area (Å²) in [7, 11) is 1.20. The Morgan fingerprint density at radius 2 is 1.68 bits per heavy atom. The van der Waals surface area contributed by atoms with E-state index in [9.17, 15) is 19.2 Å². The van der Waals surface area contributed by atoms with Crippen molar-refractivity contribution in [3.63, 3.8) is 0 Å². The third-order valence-electron chi connectivity index (χ3n) is 5.00. The summed E-state index contributed by atoms with van der Waals surface area (Å²) in [6, 6.07) is 15.7. The van der Waals surface area contributed by atoms with Crippen molar-refractivity contribution >= 4 is 34.8 Å². The van der Waals surface area contributed by atoms with Crippen molar-refractivity contribution in [2.75, 3.05) is 20.2 Å². The van der Waals surface area contributed by atoms with E-state index >= 15 is 0 Å². The number of amides is 3. The number of aromatic amines is 1. The molecular weight excluding hydrogens is 440 g/mol. The molecule has 3 amide bonds. The number of aromatic nitrogens is 1. The summed E-state index contributed by atoms with van der Waals surface area (Å²) in [5, 5.41) is 8.30. The Hall–Kier alpha value is -4.34. The van der Waals surface area contributed by atoms with E-state index in [1.807, 2.05) is 54.6 Å². The lowest BCUT2D eigenvalue weighted by Gasteiger charge is -2.18. The van der Waals surface area contributed by atoms with E-state index in [1.54, 1.807) is 6.20 Å². The summed E-state index contributed by atoms with van der Waals surface area (Å²) < 4.78 is 9.70. The Morgan fingerprint density at radius 1 is 0.941 bits per heavy atom. The number of para-hydroxylation sites is 1. The van der Waals surface area contributed by atoms with Gasteiger partial charge in [0.25, 0.3) is 0 Å². The van der Waals surface area contributed by atoms with Crippen LogP contribution in [0, 0.1) is 0 Å². The number of hydrogen-bond acceptors (Lipinski definition) is 6. The van der Waals surface area contributed by atoms with E-state index in [1.165, 1.54) is 7.11 Å². The molecule has 3 rings (SSSR count). The molecular formula is C24H26N4O6. The van der Waals surface area contributed by atoms with Crippen LogP contribution < -0.4 is 16.0 Å². The number of hydrogen-bond donors (Lipinski definition) is 4. The van der Waals surface area contributed by atoms with Gasteiger partial charge in [-0.05, 0) is 17.2 Å². The van der Waals surface area contributed by atoms with Gasteiger partial charge in [-0.15, -0.1) is 0 Å². The van der Waals surface area contributed by atoms with Crippen LogP contribution >= 0.6 is 0 Å². The first-order chi connectivity index (χ1) is 16.5. The van der Waals surface area contributed by atoms with Crippen molar-refractivity contribution in [1.29, 1.82) is 0 Å². The highest BCUT2D eigenvalue weighted by Gasteiger charge is 2.24. The molecule has 3 aromatic rings. The molecule has 0 radical (unpaired) electrons. The maximum atomic E-state index is 12.9. The summed E-state index contributed by atoms with van der Waals surface area (Å²) in [6.45, 7) is -0.640. The molecule has 1 heterocycles. The number of esters is 1. The molecule has 0 spiro atoms. The summed E-state index contributed by atoms with van der Waals surface area (Å²) >= 11 is 0. The van der Waals surface area contributed by atoms with Crippen LogP contribution in [0.15, 0.2) is 60.8 Å². The molecule has 0 saturated carbocycles. The van der Waals surface area contributed by atoms with E-state index in [2.05, 4.69) is 25.7 Å². The van der Waals surface area contributed by atoms with Crippen molar-refractivity contribution in [2.24, 2.45) is 0 Å². The minimum absolute atomic E-state index is 0.0457. The maximum absolute atomic E-state index is 12.9. The third kappa shape index (κ3) is 7.09. The third-order valence-corrected chi connectivity index (χ3v) is 5.00. The van der Waals surface area contributed by atoms with Crippen molar-refractivity contribution in [3.05, 3.63) is 71.9 Å². The highest BCUT2D eigenvalue weighted by molar-refractivity contribution is 5.91. The molecule has 0 aliphatic heterocycles. The number of carbonyl (C=O) groups excluding carboxylic acids is 4. The molecule has 1 unspecified atom stereocenters. The molecule has 0 bridgehead atoms. The fourth-order valence-corrected chi connectivity index (χ4v) is 3.23. The number of nitrogens with one attached hydrogen (secondary N) is 4. The predicted octanol–water partition coefficient (Wildman–Crippen LogP) is 1.41. The number of fused-ring (bicyclic) bond motifs is 1.